The molecule has 0 saturated carbocycles. The summed E-state index contributed by atoms with van der Waals surface area (Å²) in [6.07, 6.45) is 1.05. The minimum atomic E-state index is -0.625. The molecule has 0 saturated heterocycles. The van der Waals surface area contributed by atoms with E-state index >= 15 is 0 Å². The molecule has 0 spiro atoms. The van der Waals surface area contributed by atoms with Crippen LogP contribution in [0, 0.1) is 6.92 Å². The van der Waals surface area contributed by atoms with Gasteiger partial charge in [-0.05, 0) is 66.2 Å². The molecule has 0 heterocycles. The first-order valence-electron chi connectivity index (χ1n) is 10.0. The van der Waals surface area contributed by atoms with Gasteiger partial charge in [0.2, 0.25) is 0 Å². The second-order valence-electron chi connectivity index (χ2n) is 9.28. The molecule has 0 bridgehead atoms. The monoisotopic (exact) mass is 433 g/mol. The van der Waals surface area contributed by atoms with E-state index in [9.17, 15) is 9.59 Å². The van der Waals surface area contributed by atoms with Crippen molar-refractivity contribution in [1.29, 1.82) is 0 Å². The molecule has 0 aliphatic carbocycles. The van der Waals surface area contributed by atoms with E-state index in [4.69, 9.17) is 20.9 Å². The number of hydrogen-bond donors (Lipinski definition) is 2. The molecule has 0 aliphatic rings. The molecule has 0 aromatic heterocycles. The summed E-state index contributed by atoms with van der Waals surface area (Å²) in [6, 6.07) is 5.63. The van der Waals surface area contributed by atoms with Crippen molar-refractivity contribution in [3.63, 3.8) is 0 Å². The molecule has 31 heavy (non-hydrogen) atoms. The molecular formula is C22H35N5O4. The lowest BCUT2D eigenvalue weighted by Crippen LogP contribution is -2.39. The van der Waals surface area contributed by atoms with E-state index < -0.39 is 23.1 Å². The van der Waals surface area contributed by atoms with Crippen LogP contribution >= 0.6 is 0 Å². The first-order valence-corrected chi connectivity index (χ1v) is 10.0. The highest BCUT2D eigenvalue weighted by atomic mass is 16.6. The lowest BCUT2D eigenvalue weighted by molar-refractivity contribution is -0.160. The molecule has 0 radical (unpaired) electrons. The van der Waals surface area contributed by atoms with Crippen molar-refractivity contribution in [2.24, 2.45) is 21.7 Å². The summed E-state index contributed by atoms with van der Waals surface area (Å²) in [7, 11) is 0. The lowest BCUT2D eigenvalue weighted by atomic mass is 10.1. The lowest BCUT2D eigenvalue weighted by Gasteiger charge is -2.26. The molecule has 0 amide bonds. The normalized spacial score (nSPS) is 13.0. The van der Waals surface area contributed by atoms with E-state index in [2.05, 4.69) is 10.2 Å². The zero-order valence-electron chi connectivity index (χ0n) is 19.6. The number of hydrogen-bond acceptors (Lipinski definition) is 7. The summed E-state index contributed by atoms with van der Waals surface area (Å²) < 4.78 is 10.8. The quantitative estimate of drug-likeness (QED) is 0.277. The van der Waals surface area contributed by atoms with Gasteiger partial charge in [-0.1, -0.05) is 11.6 Å². The number of esters is 2. The first-order chi connectivity index (χ1) is 14.2. The molecule has 1 aromatic rings. The summed E-state index contributed by atoms with van der Waals surface area (Å²) in [4.78, 5) is 26.5. The van der Waals surface area contributed by atoms with E-state index in [0.717, 1.165) is 17.5 Å². The van der Waals surface area contributed by atoms with Crippen molar-refractivity contribution in [3.8, 4) is 0 Å². The fraction of sp³-hybridized carbons (Fsp3) is 0.545. The van der Waals surface area contributed by atoms with Crippen molar-refractivity contribution < 1.29 is 19.1 Å². The van der Waals surface area contributed by atoms with Crippen LogP contribution in [0.1, 0.15) is 58.2 Å². The SMILES string of the molecule is Cc1cc(CN(CC(=O)OC(C)(C)C)CC(=O)OC(C)(C)C)cc(/C(N)=N/N=C\N)c1. The fourth-order valence-corrected chi connectivity index (χ4v) is 2.79. The van der Waals surface area contributed by atoms with Crippen LogP contribution in [-0.4, -0.2) is 53.3 Å². The third kappa shape index (κ3) is 11.1. The van der Waals surface area contributed by atoms with Crippen molar-refractivity contribution in [1.82, 2.24) is 4.90 Å². The third-order valence-corrected chi connectivity index (χ3v) is 3.62. The number of carbonyl (C=O) groups excluding carboxylic acids is 2. The van der Waals surface area contributed by atoms with Crippen LogP contribution in [0.15, 0.2) is 28.4 Å². The number of carbonyl (C=O) groups is 2. The van der Waals surface area contributed by atoms with Gasteiger partial charge in [-0.25, -0.2) is 0 Å². The van der Waals surface area contributed by atoms with Crippen LogP contribution in [0.5, 0.6) is 0 Å². The highest BCUT2D eigenvalue weighted by Crippen LogP contribution is 2.15. The van der Waals surface area contributed by atoms with E-state index in [1.54, 1.807) is 46.4 Å². The second kappa shape index (κ2) is 10.9. The van der Waals surface area contributed by atoms with Crippen LogP contribution in [0.2, 0.25) is 0 Å². The molecule has 0 fully saturated rings. The third-order valence-electron chi connectivity index (χ3n) is 3.62. The van der Waals surface area contributed by atoms with Crippen molar-refractivity contribution in [2.45, 2.75) is 66.2 Å². The summed E-state index contributed by atoms with van der Waals surface area (Å²) in [5, 5.41) is 7.43. The van der Waals surface area contributed by atoms with Gasteiger partial charge in [0.05, 0.1) is 13.1 Å². The highest BCUT2D eigenvalue weighted by molar-refractivity contribution is 5.97. The number of nitrogens with zero attached hydrogens (tertiary/aromatic N) is 3. The van der Waals surface area contributed by atoms with Gasteiger partial charge in [0.15, 0.2) is 5.84 Å². The van der Waals surface area contributed by atoms with Gasteiger partial charge in [-0.2, -0.15) is 0 Å². The minimum absolute atomic E-state index is 0.0686. The van der Waals surface area contributed by atoms with E-state index in [0.29, 0.717) is 12.1 Å². The Kier molecular flexibility index (Phi) is 9.18. The molecule has 172 valence electrons. The van der Waals surface area contributed by atoms with Gasteiger partial charge in [0.25, 0.3) is 0 Å². The van der Waals surface area contributed by atoms with E-state index in [-0.39, 0.29) is 18.9 Å². The van der Waals surface area contributed by atoms with Crippen LogP contribution in [0.4, 0.5) is 0 Å². The summed E-state index contributed by atoms with van der Waals surface area (Å²) in [6.45, 7) is 12.8. The summed E-state index contributed by atoms with van der Waals surface area (Å²) in [5.41, 5.74) is 12.4. The number of nitrogens with two attached hydrogens (primary N) is 2. The molecule has 9 nitrogen and oxygen atoms in total. The van der Waals surface area contributed by atoms with Gasteiger partial charge in [-0.3, -0.25) is 14.5 Å². The average Bonchev–Trinajstić information content (AvgIpc) is 2.55. The summed E-state index contributed by atoms with van der Waals surface area (Å²) in [5.74, 6) is -0.651. The second-order valence-corrected chi connectivity index (χ2v) is 9.28. The molecule has 0 aliphatic heterocycles. The maximum absolute atomic E-state index is 12.4. The van der Waals surface area contributed by atoms with Gasteiger partial charge in [0.1, 0.15) is 17.5 Å². The smallest absolute Gasteiger partial charge is 0.320 e. The zero-order valence-corrected chi connectivity index (χ0v) is 19.6. The molecule has 9 heteroatoms. The molecule has 1 rings (SSSR count). The molecule has 0 atom stereocenters. The molecule has 4 N–H and O–H groups in total. The Morgan fingerprint density at radius 3 is 1.97 bits per heavy atom. The number of amidine groups is 1. The molecule has 1 aromatic carbocycles. The molecular weight excluding hydrogens is 398 g/mol. The maximum atomic E-state index is 12.4. The number of rotatable bonds is 8. The number of ether oxygens (including phenoxy) is 2. The van der Waals surface area contributed by atoms with Crippen LogP contribution < -0.4 is 11.5 Å². The van der Waals surface area contributed by atoms with Gasteiger partial charge < -0.3 is 20.9 Å². The highest BCUT2D eigenvalue weighted by Gasteiger charge is 2.23. The topological polar surface area (TPSA) is 133 Å². The Bertz CT molecular complexity index is 805. The zero-order chi connectivity index (χ0) is 23.8. The predicted molar refractivity (Wildman–Crippen MR) is 122 cm³/mol. The minimum Gasteiger partial charge on any atom is -0.459 e. The van der Waals surface area contributed by atoms with Gasteiger partial charge in [0, 0.05) is 12.1 Å². The predicted octanol–water partition coefficient (Wildman–Crippen LogP) is 2.09. The van der Waals surface area contributed by atoms with Crippen LogP contribution in [-0.2, 0) is 25.6 Å². The van der Waals surface area contributed by atoms with Gasteiger partial charge in [-0.15, -0.1) is 10.2 Å². The Hall–Kier alpha value is -2.94. The Labute approximate surface area is 184 Å². The Morgan fingerprint density at radius 2 is 1.52 bits per heavy atom. The summed E-state index contributed by atoms with van der Waals surface area (Å²) >= 11 is 0. The fourth-order valence-electron chi connectivity index (χ4n) is 2.79. The van der Waals surface area contributed by atoms with Crippen molar-refractivity contribution in [2.75, 3.05) is 13.1 Å². The number of aryl methyl sites for hydroxylation is 1. The Balaban J connectivity index is 3.11. The average molecular weight is 434 g/mol. The number of benzene rings is 1. The standard InChI is InChI=1S/C22H35N5O4/c1-15-8-16(10-17(9-15)20(24)26-25-14-23)11-27(12-18(28)30-21(2,3)4)13-19(29)31-22(5,6)7/h8-10,14H,11-13H2,1-7H3,(H2,23,25)(H2,24,26). The van der Waals surface area contributed by atoms with Crippen molar-refractivity contribution in [3.05, 3.63) is 34.9 Å². The van der Waals surface area contributed by atoms with Gasteiger partial charge >= 0.3 is 11.9 Å². The molecule has 0 unspecified atom stereocenters. The van der Waals surface area contributed by atoms with Crippen molar-refractivity contribution >= 4 is 24.1 Å². The largest absolute Gasteiger partial charge is 0.459 e. The van der Waals surface area contributed by atoms with Crippen LogP contribution in [0.25, 0.3) is 0 Å². The first kappa shape index (κ1) is 26.1. The maximum Gasteiger partial charge on any atom is 0.320 e. The van der Waals surface area contributed by atoms with E-state index in [1.807, 2.05) is 25.1 Å². The van der Waals surface area contributed by atoms with E-state index in [1.165, 1.54) is 0 Å². The van der Waals surface area contributed by atoms with Crippen LogP contribution in [0.3, 0.4) is 0 Å². The Morgan fingerprint density at radius 1 is 1.00 bits per heavy atom.